The second-order valence-corrected chi connectivity index (χ2v) is 7.68. The van der Waals surface area contributed by atoms with E-state index in [-0.39, 0.29) is 0 Å². The van der Waals surface area contributed by atoms with Gasteiger partial charge >= 0.3 is 0 Å². The molecule has 164 valence electrons. The molecule has 0 aliphatic rings. The summed E-state index contributed by atoms with van der Waals surface area (Å²) in [6.07, 6.45) is 4.08. The summed E-state index contributed by atoms with van der Waals surface area (Å²) in [7, 11) is 0. The van der Waals surface area contributed by atoms with Gasteiger partial charge < -0.3 is 10.6 Å². The molecule has 0 bridgehead atoms. The van der Waals surface area contributed by atoms with Gasteiger partial charge in [-0.3, -0.25) is 4.68 Å². The first-order chi connectivity index (χ1) is 15.6. The van der Waals surface area contributed by atoms with Gasteiger partial charge in [0.1, 0.15) is 0 Å². The van der Waals surface area contributed by atoms with E-state index in [9.17, 15) is 0 Å². The molecule has 5 nitrogen and oxygen atoms in total. The maximum absolute atomic E-state index is 9.03. The molecule has 4 aromatic rings. The van der Waals surface area contributed by atoms with Crippen LogP contribution in [0.5, 0.6) is 0 Å². The fourth-order valence-corrected chi connectivity index (χ4v) is 3.34. The summed E-state index contributed by atoms with van der Waals surface area (Å²) in [5, 5.41) is 9.03. The van der Waals surface area contributed by atoms with Gasteiger partial charge in [0.05, 0.1) is 28.4 Å². The number of rotatable bonds is 6. The quantitative estimate of drug-likeness (QED) is 0.299. The van der Waals surface area contributed by atoms with Crippen molar-refractivity contribution in [3.8, 4) is 28.5 Å². The lowest BCUT2D eigenvalue weighted by Gasteiger charge is -2.11. The Bertz CT molecular complexity index is 1180. The van der Waals surface area contributed by atoms with E-state index in [1.54, 1.807) is 10.9 Å². The lowest BCUT2D eigenvalue weighted by Crippen LogP contribution is -2.05. The summed E-state index contributed by atoms with van der Waals surface area (Å²) < 4.78 is 6.71. The number of pyridine rings is 1. The molecule has 2 heterocycles. The maximum Gasteiger partial charge on any atom is 0.0991 e. The molecule has 0 aliphatic heterocycles. The largest absolute Gasteiger partial charge is 0.381 e. The standard InChI is InChI=1S/C21H16N4.C6H14O/c1-14-2-6-17(7-3-14)21-18(16-8-4-15(13-22)5-9-16)12-20-19(24-21)10-11-25(20)23;1-3-5-7-6-4-2/h2-12H,23H2,1H3;3-6H2,1-2H3. The van der Waals surface area contributed by atoms with Crippen LogP contribution in [0.25, 0.3) is 33.4 Å². The molecule has 2 aromatic heterocycles. The predicted molar refractivity (Wildman–Crippen MR) is 132 cm³/mol. The van der Waals surface area contributed by atoms with Crippen molar-refractivity contribution in [2.45, 2.75) is 33.6 Å². The summed E-state index contributed by atoms with van der Waals surface area (Å²) in [6.45, 7) is 8.16. The van der Waals surface area contributed by atoms with Crippen molar-refractivity contribution < 1.29 is 4.74 Å². The first-order valence-electron chi connectivity index (χ1n) is 11.0. The Balaban J connectivity index is 0.000000360. The molecule has 0 unspecified atom stereocenters. The third-order valence-corrected chi connectivity index (χ3v) is 5.05. The van der Waals surface area contributed by atoms with E-state index in [0.29, 0.717) is 5.56 Å². The minimum atomic E-state index is 0.636. The molecular weight excluding hydrogens is 396 g/mol. The van der Waals surface area contributed by atoms with E-state index in [0.717, 1.165) is 59.5 Å². The number of fused-ring (bicyclic) bond motifs is 1. The van der Waals surface area contributed by atoms with Crippen LogP contribution in [0, 0.1) is 18.3 Å². The van der Waals surface area contributed by atoms with Gasteiger partial charge in [0.2, 0.25) is 0 Å². The molecule has 0 amide bonds. The van der Waals surface area contributed by atoms with Crippen LogP contribution in [0.3, 0.4) is 0 Å². The summed E-state index contributed by atoms with van der Waals surface area (Å²) in [5.41, 5.74) is 7.52. The molecule has 2 aromatic carbocycles. The van der Waals surface area contributed by atoms with Gasteiger partial charge in [-0.25, -0.2) is 4.98 Å². The van der Waals surface area contributed by atoms with Crippen LogP contribution in [0.1, 0.15) is 37.8 Å². The topological polar surface area (TPSA) is 76.9 Å². The Morgan fingerprint density at radius 2 is 1.56 bits per heavy atom. The lowest BCUT2D eigenvalue weighted by atomic mass is 9.97. The van der Waals surface area contributed by atoms with Crippen LogP contribution in [0.2, 0.25) is 0 Å². The van der Waals surface area contributed by atoms with E-state index in [1.807, 2.05) is 30.3 Å². The van der Waals surface area contributed by atoms with E-state index < -0.39 is 0 Å². The zero-order valence-corrected chi connectivity index (χ0v) is 19.0. The van der Waals surface area contributed by atoms with Crippen molar-refractivity contribution in [3.63, 3.8) is 0 Å². The molecule has 0 radical (unpaired) electrons. The average Bonchev–Trinajstić information content (AvgIpc) is 3.19. The highest BCUT2D eigenvalue weighted by atomic mass is 16.5. The Hall–Kier alpha value is -3.62. The number of nitrogens with zero attached hydrogens (tertiary/aromatic N) is 3. The Kier molecular flexibility index (Phi) is 8.02. The van der Waals surface area contributed by atoms with Gasteiger partial charge in [-0.15, -0.1) is 0 Å². The minimum absolute atomic E-state index is 0.636. The molecule has 2 N–H and O–H groups in total. The Labute approximate surface area is 190 Å². The minimum Gasteiger partial charge on any atom is -0.381 e. The van der Waals surface area contributed by atoms with Crippen LogP contribution < -0.4 is 5.84 Å². The van der Waals surface area contributed by atoms with E-state index >= 15 is 0 Å². The van der Waals surface area contributed by atoms with Gasteiger partial charge in [-0.2, -0.15) is 5.26 Å². The number of aryl methyl sites for hydroxylation is 1. The van der Waals surface area contributed by atoms with Gasteiger partial charge in [0.15, 0.2) is 0 Å². The molecular formula is C27H30N4O. The van der Waals surface area contributed by atoms with Gasteiger partial charge in [0.25, 0.3) is 0 Å². The highest BCUT2D eigenvalue weighted by molar-refractivity contribution is 5.90. The Morgan fingerprint density at radius 1 is 0.938 bits per heavy atom. The number of hydrogen-bond donors (Lipinski definition) is 1. The third kappa shape index (κ3) is 5.54. The number of benzene rings is 2. The third-order valence-electron chi connectivity index (χ3n) is 5.05. The average molecular weight is 427 g/mol. The van der Waals surface area contributed by atoms with Crippen molar-refractivity contribution >= 4 is 11.0 Å². The first-order valence-corrected chi connectivity index (χ1v) is 11.0. The van der Waals surface area contributed by atoms with Crippen molar-refractivity contribution in [2.75, 3.05) is 19.1 Å². The molecule has 0 aliphatic carbocycles. The second-order valence-electron chi connectivity index (χ2n) is 7.68. The van der Waals surface area contributed by atoms with Crippen LogP contribution >= 0.6 is 0 Å². The van der Waals surface area contributed by atoms with Gasteiger partial charge in [0, 0.05) is 30.5 Å². The molecule has 0 saturated heterocycles. The number of aromatic nitrogens is 2. The number of hydrogen-bond acceptors (Lipinski definition) is 4. The van der Waals surface area contributed by atoms with Gasteiger partial charge in [-0.1, -0.05) is 55.8 Å². The van der Waals surface area contributed by atoms with Crippen molar-refractivity contribution in [2.24, 2.45) is 0 Å². The first kappa shape index (κ1) is 23.1. The van der Waals surface area contributed by atoms with Crippen molar-refractivity contribution in [1.82, 2.24) is 9.66 Å². The number of nitrogen functional groups attached to an aromatic ring is 1. The molecule has 0 saturated carbocycles. The second kappa shape index (κ2) is 11.1. The summed E-state index contributed by atoms with van der Waals surface area (Å²) in [5.74, 6) is 6.01. The molecule has 0 atom stereocenters. The lowest BCUT2D eigenvalue weighted by molar-refractivity contribution is 0.135. The zero-order chi connectivity index (χ0) is 22.9. The van der Waals surface area contributed by atoms with E-state index in [2.05, 4.69) is 57.2 Å². The Morgan fingerprint density at radius 3 is 2.16 bits per heavy atom. The summed E-state index contributed by atoms with van der Waals surface area (Å²) >= 11 is 0. The molecule has 5 heteroatoms. The highest BCUT2D eigenvalue weighted by Gasteiger charge is 2.13. The smallest absolute Gasteiger partial charge is 0.0991 e. The monoisotopic (exact) mass is 426 g/mol. The van der Waals surface area contributed by atoms with Crippen molar-refractivity contribution in [1.29, 1.82) is 5.26 Å². The van der Waals surface area contributed by atoms with Crippen molar-refractivity contribution in [3.05, 3.63) is 78.0 Å². The zero-order valence-electron chi connectivity index (χ0n) is 19.0. The van der Waals surface area contributed by atoms with Crippen LogP contribution in [-0.2, 0) is 4.74 Å². The van der Waals surface area contributed by atoms with E-state index in [1.165, 1.54) is 5.56 Å². The predicted octanol–water partition coefficient (Wildman–Crippen LogP) is 6.09. The summed E-state index contributed by atoms with van der Waals surface area (Å²) in [4.78, 5) is 4.85. The fourth-order valence-electron chi connectivity index (χ4n) is 3.34. The SMILES string of the molecule is CCCOCCC.Cc1ccc(-c2nc3ccn(N)c3cc2-c2ccc(C#N)cc2)cc1. The van der Waals surface area contributed by atoms with Crippen LogP contribution in [0.15, 0.2) is 66.9 Å². The molecule has 32 heavy (non-hydrogen) atoms. The maximum atomic E-state index is 9.03. The molecule has 0 spiro atoms. The highest BCUT2D eigenvalue weighted by Crippen LogP contribution is 2.33. The number of nitrogens with two attached hydrogens (primary N) is 1. The van der Waals surface area contributed by atoms with Crippen LogP contribution in [0.4, 0.5) is 0 Å². The van der Waals surface area contributed by atoms with Gasteiger partial charge in [-0.05, 0) is 49.6 Å². The number of nitriles is 1. The summed E-state index contributed by atoms with van der Waals surface area (Å²) in [6, 6.07) is 22.0. The molecule has 0 fully saturated rings. The number of ether oxygens (including phenoxy) is 1. The van der Waals surface area contributed by atoms with E-state index in [4.69, 9.17) is 20.8 Å². The fraction of sp³-hybridized carbons (Fsp3) is 0.259. The normalized spacial score (nSPS) is 10.4. The van der Waals surface area contributed by atoms with Crippen LogP contribution in [-0.4, -0.2) is 22.9 Å². The molecule has 4 rings (SSSR count).